The van der Waals surface area contributed by atoms with E-state index in [2.05, 4.69) is 13.8 Å². The van der Waals surface area contributed by atoms with E-state index in [0.29, 0.717) is 5.78 Å². The molecule has 0 amide bonds. The summed E-state index contributed by atoms with van der Waals surface area (Å²) in [5.41, 5.74) is 1.87. The van der Waals surface area contributed by atoms with E-state index in [-0.39, 0.29) is 5.41 Å². The molecule has 0 aromatic heterocycles. The first-order valence-corrected chi connectivity index (χ1v) is 6.44. The largest absolute Gasteiger partial charge is 0.294 e. The summed E-state index contributed by atoms with van der Waals surface area (Å²) in [5.74, 6) is 0.315. The minimum absolute atomic E-state index is 0.141. The molecule has 1 fully saturated rings. The number of halogens is 1. The first kappa shape index (κ1) is 12.4. The molecule has 17 heavy (non-hydrogen) atoms. The van der Waals surface area contributed by atoms with Gasteiger partial charge in [0, 0.05) is 10.4 Å². The molecule has 0 aliphatic heterocycles. The quantitative estimate of drug-likeness (QED) is 0.704. The highest BCUT2D eigenvalue weighted by molar-refractivity contribution is 6.30. The fourth-order valence-corrected chi connectivity index (χ4v) is 2.39. The van der Waals surface area contributed by atoms with Crippen LogP contribution in [-0.4, -0.2) is 5.78 Å². The van der Waals surface area contributed by atoms with Gasteiger partial charge in [0.2, 0.25) is 0 Å². The van der Waals surface area contributed by atoms with Gasteiger partial charge in [-0.2, -0.15) is 0 Å². The van der Waals surface area contributed by atoms with Crippen molar-refractivity contribution in [3.05, 3.63) is 40.4 Å². The number of benzene rings is 1. The number of hydrogen-bond acceptors (Lipinski definition) is 1. The molecule has 0 radical (unpaired) electrons. The van der Waals surface area contributed by atoms with E-state index in [1.165, 1.54) is 0 Å². The summed E-state index contributed by atoms with van der Waals surface area (Å²) >= 11 is 5.84. The molecule has 1 aliphatic carbocycles. The van der Waals surface area contributed by atoms with Gasteiger partial charge in [0.1, 0.15) is 0 Å². The van der Waals surface area contributed by atoms with Gasteiger partial charge in [-0.3, -0.25) is 4.79 Å². The summed E-state index contributed by atoms with van der Waals surface area (Å²) in [6.07, 6.45) is 4.79. The molecule has 0 heterocycles. The zero-order valence-electron chi connectivity index (χ0n) is 10.3. The van der Waals surface area contributed by atoms with Crippen molar-refractivity contribution in [2.75, 3.05) is 0 Å². The van der Waals surface area contributed by atoms with Gasteiger partial charge in [-0.15, -0.1) is 0 Å². The zero-order chi connectivity index (χ0) is 12.5. The fourth-order valence-electron chi connectivity index (χ4n) is 2.26. The van der Waals surface area contributed by atoms with E-state index < -0.39 is 0 Å². The van der Waals surface area contributed by atoms with Crippen LogP contribution in [0.15, 0.2) is 29.8 Å². The molecule has 1 saturated carbocycles. The molecule has 1 aromatic rings. The number of rotatable bonds is 2. The van der Waals surface area contributed by atoms with Crippen molar-refractivity contribution in [1.29, 1.82) is 0 Å². The van der Waals surface area contributed by atoms with Gasteiger partial charge < -0.3 is 0 Å². The monoisotopic (exact) mass is 248 g/mol. The van der Waals surface area contributed by atoms with Crippen LogP contribution in [0.3, 0.4) is 0 Å². The molecular weight excluding hydrogens is 232 g/mol. The third kappa shape index (κ3) is 2.44. The van der Waals surface area contributed by atoms with Crippen LogP contribution in [0.4, 0.5) is 0 Å². The first-order chi connectivity index (χ1) is 8.05. The van der Waals surface area contributed by atoms with Crippen LogP contribution in [0.2, 0.25) is 5.02 Å². The summed E-state index contributed by atoms with van der Waals surface area (Å²) in [4.78, 5) is 12.2. The Bertz CT molecular complexity index is 458. The first-order valence-electron chi connectivity index (χ1n) is 6.06. The topological polar surface area (TPSA) is 17.1 Å². The Morgan fingerprint density at radius 2 is 2.00 bits per heavy atom. The summed E-state index contributed by atoms with van der Waals surface area (Å²) in [6.45, 7) is 4.15. The Hall–Kier alpha value is -1.08. The SMILES string of the molecule is CCC1(C)CCC(=Cc2ccc(Cl)cc2)C1=O. The van der Waals surface area contributed by atoms with Gasteiger partial charge >= 0.3 is 0 Å². The molecule has 1 aliphatic rings. The second-order valence-corrected chi connectivity index (χ2v) is 5.40. The Morgan fingerprint density at radius 1 is 1.35 bits per heavy atom. The molecule has 1 nitrogen and oxygen atoms in total. The molecule has 1 aromatic carbocycles. The molecule has 2 rings (SSSR count). The van der Waals surface area contributed by atoms with Gasteiger partial charge in [0.15, 0.2) is 5.78 Å². The molecular formula is C15H17ClO. The maximum absolute atomic E-state index is 12.2. The number of carbonyl (C=O) groups excluding carboxylic acids is 1. The van der Waals surface area contributed by atoms with Crippen molar-refractivity contribution >= 4 is 23.5 Å². The normalized spacial score (nSPS) is 26.8. The Balaban J connectivity index is 2.25. The predicted molar refractivity (Wildman–Crippen MR) is 72.1 cm³/mol. The van der Waals surface area contributed by atoms with Crippen LogP contribution in [0.5, 0.6) is 0 Å². The van der Waals surface area contributed by atoms with E-state index >= 15 is 0 Å². The number of allylic oxidation sites excluding steroid dienone is 1. The van der Waals surface area contributed by atoms with Crippen LogP contribution in [0, 0.1) is 5.41 Å². The zero-order valence-corrected chi connectivity index (χ0v) is 11.1. The number of ketones is 1. The van der Waals surface area contributed by atoms with Crippen molar-refractivity contribution in [2.45, 2.75) is 33.1 Å². The summed E-state index contributed by atoms with van der Waals surface area (Å²) in [6, 6.07) is 7.60. The van der Waals surface area contributed by atoms with Crippen LogP contribution in [-0.2, 0) is 4.79 Å². The number of carbonyl (C=O) groups is 1. The smallest absolute Gasteiger partial charge is 0.164 e. The van der Waals surface area contributed by atoms with Crippen LogP contribution in [0.1, 0.15) is 38.7 Å². The lowest BCUT2D eigenvalue weighted by Crippen LogP contribution is -2.20. The van der Waals surface area contributed by atoms with Gasteiger partial charge in [0.25, 0.3) is 0 Å². The van der Waals surface area contributed by atoms with Crippen molar-refractivity contribution in [3.63, 3.8) is 0 Å². The average Bonchev–Trinajstić information content (AvgIpc) is 2.61. The molecule has 0 saturated heterocycles. The highest BCUT2D eigenvalue weighted by Gasteiger charge is 2.38. The lowest BCUT2D eigenvalue weighted by atomic mass is 9.84. The van der Waals surface area contributed by atoms with E-state index in [1.807, 2.05) is 30.3 Å². The van der Waals surface area contributed by atoms with E-state index in [0.717, 1.165) is 35.4 Å². The Kier molecular flexibility index (Phi) is 3.39. The minimum atomic E-state index is -0.141. The molecule has 1 atom stereocenters. The lowest BCUT2D eigenvalue weighted by Gasteiger charge is -2.18. The molecule has 2 heteroatoms. The van der Waals surface area contributed by atoms with Crippen LogP contribution < -0.4 is 0 Å². The maximum Gasteiger partial charge on any atom is 0.164 e. The summed E-state index contributed by atoms with van der Waals surface area (Å²) in [7, 11) is 0. The minimum Gasteiger partial charge on any atom is -0.294 e. The second-order valence-electron chi connectivity index (χ2n) is 4.96. The maximum atomic E-state index is 12.2. The van der Waals surface area contributed by atoms with Crippen molar-refractivity contribution < 1.29 is 4.79 Å². The average molecular weight is 249 g/mol. The van der Waals surface area contributed by atoms with E-state index in [1.54, 1.807) is 0 Å². The van der Waals surface area contributed by atoms with Crippen molar-refractivity contribution in [1.82, 2.24) is 0 Å². The highest BCUT2D eigenvalue weighted by atomic mass is 35.5. The molecule has 0 N–H and O–H groups in total. The standard InChI is InChI=1S/C15H17ClO/c1-3-15(2)9-8-12(14(15)17)10-11-4-6-13(16)7-5-11/h4-7,10H,3,8-9H2,1-2H3. The third-order valence-corrected chi connectivity index (χ3v) is 4.03. The van der Waals surface area contributed by atoms with Gasteiger partial charge in [0.05, 0.1) is 0 Å². The highest BCUT2D eigenvalue weighted by Crippen LogP contribution is 2.40. The number of hydrogen-bond donors (Lipinski definition) is 0. The predicted octanol–water partition coefficient (Wildman–Crippen LogP) is 4.50. The van der Waals surface area contributed by atoms with E-state index in [9.17, 15) is 4.79 Å². The molecule has 0 spiro atoms. The number of Topliss-reactive ketones (excluding diaryl/α,β-unsaturated/α-hetero) is 1. The van der Waals surface area contributed by atoms with Crippen LogP contribution >= 0.6 is 11.6 Å². The fraction of sp³-hybridized carbons (Fsp3) is 0.400. The van der Waals surface area contributed by atoms with Gasteiger partial charge in [-0.25, -0.2) is 0 Å². The van der Waals surface area contributed by atoms with Crippen molar-refractivity contribution in [2.24, 2.45) is 5.41 Å². The summed E-state index contributed by atoms with van der Waals surface area (Å²) in [5, 5.41) is 0.725. The van der Waals surface area contributed by atoms with Gasteiger partial charge in [-0.05, 0) is 48.6 Å². The Morgan fingerprint density at radius 3 is 2.53 bits per heavy atom. The van der Waals surface area contributed by atoms with Crippen LogP contribution in [0.25, 0.3) is 6.08 Å². The molecule has 1 unspecified atom stereocenters. The lowest BCUT2D eigenvalue weighted by molar-refractivity contribution is -0.122. The van der Waals surface area contributed by atoms with Crippen molar-refractivity contribution in [3.8, 4) is 0 Å². The third-order valence-electron chi connectivity index (χ3n) is 3.78. The molecule has 0 bridgehead atoms. The summed E-state index contributed by atoms with van der Waals surface area (Å²) < 4.78 is 0. The molecule has 90 valence electrons. The van der Waals surface area contributed by atoms with Gasteiger partial charge in [-0.1, -0.05) is 37.6 Å². The second kappa shape index (κ2) is 4.66. The Labute approximate surface area is 107 Å². The van der Waals surface area contributed by atoms with E-state index in [4.69, 9.17) is 11.6 Å².